The van der Waals surface area contributed by atoms with Crippen LogP contribution in [0.4, 0.5) is 5.69 Å². The van der Waals surface area contributed by atoms with E-state index in [-0.39, 0.29) is 23.8 Å². The van der Waals surface area contributed by atoms with Crippen molar-refractivity contribution in [2.45, 2.75) is 44.7 Å². The molecule has 7 nitrogen and oxygen atoms in total. The maximum absolute atomic E-state index is 14.4. The number of amides is 2. The number of carbonyl (C=O) groups excluding carboxylic acids is 2. The van der Waals surface area contributed by atoms with E-state index in [1.54, 1.807) is 61.5 Å². The average Bonchev–Trinajstić information content (AvgIpc) is 3.00. The van der Waals surface area contributed by atoms with Gasteiger partial charge in [-0.25, -0.2) is 8.42 Å². The molecule has 44 heavy (non-hydrogen) atoms. The van der Waals surface area contributed by atoms with Crippen LogP contribution in [0.1, 0.15) is 29.2 Å². The Morgan fingerprint density at radius 1 is 0.841 bits per heavy atom. The van der Waals surface area contributed by atoms with Crippen LogP contribution in [-0.4, -0.2) is 44.3 Å². The monoisotopic (exact) mass is 651 g/mol. The zero-order valence-electron chi connectivity index (χ0n) is 24.8. The molecule has 0 aliphatic heterocycles. The van der Waals surface area contributed by atoms with Gasteiger partial charge in [0.15, 0.2) is 0 Å². The predicted molar refractivity (Wildman–Crippen MR) is 177 cm³/mol. The van der Waals surface area contributed by atoms with Gasteiger partial charge in [-0.05, 0) is 68.3 Å². The topological polar surface area (TPSA) is 86.8 Å². The fourth-order valence-electron chi connectivity index (χ4n) is 4.76. The summed E-state index contributed by atoms with van der Waals surface area (Å²) in [6.45, 7) is 5.32. The highest BCUT2D eigenvalue weighted by Crippen LogP contribution is 2.27. The summed E-state index contributed by atoms with van der Waals surface area (Å²) in [5.74, 6) is -0.933. The van der Waals surface area contributed by atoms with Crippen molar-refractivity contribution in [1.82, 2.24) is 10.2 Å². The Morgan fingerprint density at radius 2 is 1.45 bits per heavy atom. The number of benzene rings is 4. The number of hydrogen-bond donors (Lipinski definition) is 1. The van der Waals surface area contributed by atoms with Crippen LogP contribution in [0.15, 0.2) is 102 Å². The molecule has 10 heteroatoms. The summed E-state index contributed by atoms with van der Waals surface area (Å²) in [6, 6.07) is 26.7. The summed E-state index contributed by atoms with van der Waals surface area (Å²) in [4.78, 5) is 29.4. The zero-order chi connectivity index (χ0) is 31.9. The molecule has 0 aliphatic rings. The Hall–Kier alpha value is -3.85. The Labute approximate surface area is 269 Å². The molecule has 0 unspecified atom stereocenters. The van der Waals surface area contributed by atoms with Crippen LogP contribution in [0.2, 0.25) is 10.0 Å². The Bertz CT molecular complexity index is 1700. The lowest BCUT2D eigenvalue weighted by molar-refractivity contribution is -0.140. The van der Waals surface area contributed by atoms with E-state index in [2.05, 4.69) is 5.32 Å². The van der Waals surface area contributed by atoms with Gasteiger partial charge in [-0.3, -0.25) is 13.9 Å². The third-order valence-corrected chi connectivity index (χ3v) is 9.56. The predicted octanol–water partition coefficient (Wildman–Crippen LogP) is 6.58. The van der Waals surface area contributed by atoms with Gasteiger partial charge in [0.25, 0.3) is 10.0 Å². The minimum Gasteiger partial charge on any atom is -0.355 e. The minimum atomic E-state index is -4.17. The lowest BCUT2D eigenvalue weighted by Gasteiger charge is -2.34. The summed E-state index contributed by atoms with van der Waals surface area (Å²) in [5.41, 5.74) is 3.57. The fourth-order valence-corrected chi connectivity index (χ4v) is 6.64. The third kappa shape index (κ3) is 8.20. The van der Waals surface area contributed by atoms with Crippen LogP contribution < -0.4 is 9.62 Å². The summed E-state index contributed by atoms with van der Waals surface area (Å²) in [6.07, 6.45) is 0.207. The van der Waals surface area contributed by atoms with Crippen molar-refractivity contribution in [2.75, 3.05) is 17.4 Å². The quantitative estimate of drug-likeness (QED) is 0.187. The summed E-state index contributed by atoms with van der Waals surface area (Å²) >= 11 is 12.7. The first-order chi connectivity index (χ1) is 21.0. The highest BCUT2D eigenvalue weighted by Gasteiger charge is 2.34. The van der Waals surface area contributed by atoms with Gasteiger partial charge in [0, 0.05) is 29.6 Å². The van der Waals surface area contributed by atoms with Gasteiger partial charge in [-0.1, -0.05) is 95.0 Å². The number of hydrogen-bond acceptors (Lipinski definition) is 4. The lowest BCUT2D eigenvalue weighted by Crippen LogP contribution is -2.53. The van der Waals surface area contributed by atoms with Crippen molar-refractivity contribution < 1.29 is 18.0 Å². The first-order valence-electron chi connectivity index (χ1n) is 14.2. The van der Waals surface area contributed by atoms with Crippen molar-refractivity contribution in [3.8, 4) is 0 Å². The largest absolute Gasteiger partial charge is 0.355 e. The molecule has 4 rings (SSSR count). The van der Waals surface area contributed by atoms with Crippen molar-refractivity contribution in [1.29, 1.82) is 0 Å². The van der Waals surface area contributed by atoms with Crippen molar-refractivity contribution in [3.05, 3.63) is 129 Å². The second kappa shape index (κ2) is 14.8. The molecule has 1 N–H and O–H groups in total. The molecule has 1 atom stereocenters. The van der Waals surface area contributed by atoms with Crippen LogP contribution in [-0.2, 0) is 32.6 Å². The number of nitrogens with zero attached hydrogens (tertiary/aromatic N) is 2. The molecule has 0 saturated heterocycles. The number of aryl methyl sites for hydroxylation is 2. The molecule has 0 aliphatic carbocycles. The van der Waals surface area contributed by atoms with Crippen LogP contribution in [0.5, 0.6) is 0 Å². The first kappa shape index (κ1) is 33.1. The van der Waals surface area contributed by atoms with Gasteiger partial charge in [0.2, 0.25) is 11.8 Å². The number of sulfonamides is 1. The Kier molecular flexibility index (Phi) is 11.1. The maximum Gasteiger partial charge on any atom is 0.264 e. The van der Waals surface area contributed by atoms with Gasteiger partial charge in [-0.15, -0.1) is 0 Å². The molecule has 0 saturated carbocycles. The van der Waals surface area contributed by atoms with Crippen LogP contribution in [0.25, 0.3) is 0 Å². The highest BCUT2D eigenvalue weighted by atomic mass is 35.5. The van der Waals surface area contributed by atoms with Crippen molar-refractivity contribution in [2.24, 2.45) is 0 Å². The van der Waals surface area contributed by atoms with Crippen LogP contribution in [0, 0.1) is 13.8 Å². The molecule has 0 bridgehead atoms. The summed E-state index contributed by atoms with van der Waals surface area (Å²) in [5, 5.41) is 3.60. The molecule has 0 radical (unpaired) electrons. The third-order valence-electron chi connectivity index (χ3n) is 7.19. The molecule has 0 heterocycles. The Morgan fingerprint density at radius 3 is 2.05 bits per heavy atom. The first-order valence-corrected chi connectivity index (χ1v) is 16.4. The molecular formula is C34H35Cl2N3O4S. The van der Waals surface area contributed by atoms with Gasteiger partial charge < -0.3 is 10.2 Å². The number of rotatable bonds is 12. The number of nitrogens with one attached hydrogen (secondary N) is 1. The van der Waals surface area contributed by atoms with Gasteiger partial charge in [0.05, 0.1) is 10.6 Å². The standard InChI is InChI=1S/C34H35Cl2N3O4S/c1-4-37-34(41)32(20-26-8-6-5-7-9-26)38(22-27-14-15-28(35)21-31(27)36)33(40)23-39(29-16-10-24(2)11-17-29)44(42,43)30-18-12-25(3)13-19-30/h5-19,21,32H,4,20,22-23H2,1-3H3,(H,37,41)/t32-/m0/s1. The SMILES string of the molecule is CCNC(=O)[C@H](Cc1ccccc1)N(Cc1ccc(Cl)cc1Cl)C(=O)CN(c1ccc(C)cc1)S(=O)(=O)c1ccc(C)cc1. The number of anilines is 1. The van der Waals surface area contributed by atoms with E-state index in [4.69, 9.17) is 23.2 Å². The van der Waals surface area contributed by atoms with Crippen LogP contribution in [0.3, 0.4) is 0 Å². The number of carbonyl (C=O) groups is 2. The smallest absolute Gasteiger partial charge is 0.264 e. The molecule has 0 spiro atoms. The molecular weight excluding hydrogens is 617 g/mol. The van der Waals surface area contributed by atoms with Crippen molar-refractivity contribution >= 4 is 50.7 Å². The fraction of sp³-hybridized carbons (Fsp3) is 0.235. The molecule has 230 valence electrons. The molecule has 0 fully saturated rings. The molecule has 0 aromatic heterocycles. The summed E-state index contributed by atoms with van der Waals surface area (Å²) < 4.78 is 29.2. The van der Waals surface area contributed by atoms with E-state index in [1.165, 1.54) is 17.0 Å². The van der Waals surface area contributed by atoms with Crippen molar-refractivity contribution in [3.63, 3.8) is 0 Å². The molecule has 4 aromatic carbocycles. The second-order valence-electron chi connectivity index (χ2n) is 10.5. The van der Waals surface area contributed by atoms with E-state index in [1.807, 2.05) is 44.2 Å². The van der Waals surface area contributed by atoms with Gasteiger partial charge in [0.1, 0.15) is 12.6 Å². The number of likely N-dealkylation sites (N-methyl/N-ethyl adjacent to an activating group) is 1. The average molecular weight is 653 g/mol. The molecule has 4 aromatic rings. The Balaban J connectivity index is 1.81. The lowest BCUT2D eigenvalue weighted by atomic mass is 10.0. The zero-order valence-corrected chi connectivity index (χ0v) is 27.2. The maximum atomic E-state index is 14.4. The van der Waals surface area contributed by atoms with E-state index in [0.717, 1.165) is 21.0 Å². The van der Waals surface area contributed by atoms with E-state index < -0.39 is 28.5 Å². The normalized spacial score (nSPS) is 11.9. The van der Waals surface area contributed by atoms with E-state index >= 15 is 0 Å². The van der Waals surface area contributed by atoms with Gasteiger partial charge in [-0.2, -0.15) is 0 Å². The van der Waals surface area contributed by atoms with E-state index in [9.17, 15) is 18.0 Å². The molecule has 2 amide bonds. The van der Waals surface area contributed by atoms with Gasteiger partial charge >= 0.3 is 0 Å². The van der Waals surface area contributed by atoms with Crippen LogP contribution >= 0.6 is 23.2 Å². The van der Waals surface area contributed by atoms with E-state index in [0.29, 0.717) is 27.8 Å². The summed E-state index contributed by atoms with van der Waals surface area (Å²) in [7, 11) is -4.17. The number of halogens is 2. The second-order valence-corrected chi connectivity index (χ2v) is 13.2. The minimum absolute atomic E-state index is 0.0458. The highest BCUT2D eigenvalue weighted by molar-refractivity contribution is 7.92.